The lowest BCUT2D eigenvalue weighted by Crippen LogP contribution is -2.00. The number of pyridine rings is 1. The Morgan fingerprint density at radius 2 is 2.05 bits per heavy atom. The third-order valence-corrected chi connectivity index (χ3v) is 2.64. The molecule has 0 radical (unpaired) electrons. The Morgan fingerprint density at radius 3 is 2.68 bits per heavy atom. The number of aryl methyl sites for hydroxylation is 1. The van der Waals surface area contributed by atoms with Crippen LogP contribution in [0, 0.1) is 12.7 Å². The molecule has 1 aromatic heterocycles. The van der Waals surface area contributed by atoms with Crippen molar-refractivity contribution in [3.05, 3.63) is 47.4 Å². The maximum Gasteiger partial charge on any atom is 0.335 e. The van der Waals surface area contributed by atoms with Crippen LogP contribution in [-0.4, -0.2) is 23.2 Å². The predicted molar refractivity (Wildman–Crippen MR) is 67.9 cm³/mol. The second kappa shape index (κ2) is 5.06. The first-order valence-corrected chi connectivity index (χ1v) is 5.57. The zero-order chi connectivity index (χ0) is 14.0. The van der Waals surface area contributed by atoms with Gasteiger partial charge in [0.2, 0.25) is 0 Å². The molecule has 0 saturated heterocycles. The Hall–Kier alpha value is -2.43. The quantitative estimate of drug-likeness (QED) is 0.922. The van der Waals surface area contributed by atoms with E-state index >= 15 is 0 Å². The molecule has 0 saturated carbocycles. The van der Waals surface area contributed by atoms with Crippen LogP contribution in [0.25, 0.3) is 11.3 Å². The van der Waals surface area contributed by atoms with E-state index in [1.54, 1.807) is 6.92 Å². The molecule has 2 aromatic rings. The lowest BCUT2D eigenvalue weighted by molar-refractivity contribution is 0.0696. The van der Waals surface area contributed by atoms with Gasteiger partial charge in [0.05, 0.1) is 18.4 Å². The molecular weight excluding hydrogens is 249 g/mol. The Kier molecular flexibility index (Phi) is 3.46. The van der Waals surface area contributed by atoms with Gasteiger partial charge >= 0.3 is 5.97 Å². The highest BCUT2D eigenvalue weighted by Gasteiger charge is 2.12. The summed E-state index contributed by atoms with van der Waals surface area (Å²) in [6, 6.07) is 6.88. The molecule has 0 bridgehead atoms. The van der Waals surface area contributed by atoms with Gasteiger partial charge in [-0.05, 0) is 37.3 Å². The van der Waals surface area contributed by atoms with Gasteiger partial charge in [-0.25, -0.2) is 9.18 Å². The maximum absolute atomic E-state index is 13.3. The molecule has 0 atom stereocenters. The van der Waals surface area contributed by atoms with Crippen LogP contribution in [-0.2, 0) is 0 Å². The monoisotopic (exact) mass is 261 g/mol. The summed E-state index contributed by atoms with van der Waals surface area (Å²) in [6.45, 7) is 1.68. The average molecular weight is 261 g/mol. The first-order valence-electron chi connectivity index (χ1n) is 5.57. The maximum atomic E-state index is 13.3. The molecule has 0 aliphatic carbocycles. The van der Waals surface area contributed by atoms with Crippen molar-refractivity contribution >= 4 is 5.97 Å². The predicted octanol–water partition coefficient (Wildman–Crippen LogP) is 2.90. The number of aromatic carboxylic acids is 1. The summed E-state index contributed by atoms with van der Waals surface area (Å²) in [5.41, 5.74) is 1.44. The fourth-order valence-corrected chi connectivity index (χ4v) is 1.81. The van der Waals surface area contributed by atoms with Crippen molar-refractivity contribution in [2.24, 2.45) is 0 Å². The van der Waals surface area contributed by atoms with Crippen molar-refractivity contribution in [2.45, 2.75) is 6.92 Å². The number of carboxylic acids is 1. The van der Waals surface area contributed by atoms with Crippen LogP contribution in [0.3, 0.4) is 0 Å². The van der Waals surface area contributed by atoms with Crippen LogP contribution in [0.4, 0.5) is 4.39 Å². The standard InChI is InChI=1S/C14H12FNO3/c1-8-5-9(14(17)18)6-12(16-8)11-7-10(15)3-4-13(11)19-2/h3-7H,1-2H3,(H,17,18). The molecular formula is C14H12FNO3. The zero-order valence-electron chi connectivity index (χ0n) is 10.5. The fraction of sp³-hybridized carbons (Fsp3) is 0.143. The Bertz CT molecular complexity index is 641. The third-order valence-electron chi connectivity index (χ3n) is 2.64. The largest absolute Gasteiger partial charge is 0.496 e. The second-order valence-corrected chi connectivity index (χ2v) is 4.03. The zero-order valence-corrected chi connectivity index (χ0v) is 10.5. The molecule has 0 fully saturated rings. The molecule has 1 aromatic carbocycles. The topological polar surface area (TPSA) is 59.4 Å². The van der Waals surface area contributed by atoms with Gasteiger partial charge in [-0.1, -0.05) is 0 Å². The number of hydrogen-bond acceptors (Lipinski definition) is 3. The van der Waals surface area contributed by atoms with Crippen molar-refractivity contribution in [2.75, 3.05) is 7.11 Å². The second-order valence-electron chi connectivity index (χ2n) is 4.03. The molecule has 5 heteroatoms. The van der Waals surface area contributed by atoms with Crippen molar-refractivity contribution < 1.29 is 19.0 Å². The number of methoxy groups -OCH3 is 1. The highest BCUT2D eigenvalue weighted by molar-refractivity contribution is 5.89. The van der Waals surface area contributed by atoms with Crippen molar-refractivity contribution in [3.63, 3.8) is 0 Å². The molecule has 0 spiro atoms. The van der Waals surface area contributed by atoms with Gasteiger partial charge in [0, 0.05) is 11.3 Å². The van der Waals surface area contributed by atoms with E-state index in [2.05, 4.69) is 4.98 Å². The van der Waals surface area contributed by atoms with Crippen LogP contribution in [0.5, 0.6) is 5.75 Å². The lowest BCUT2D eigenvalue weighted by atomic mass is 10.1. The van der Waals surface area contributed by atoms with E-state index in [4.69, 9.17) is 9.84 Å². The molecule has 0 aliphatic rings. The highest BCUT2D eigenvalue weighted by atomic mass is 19.1. The minimum Gasteiger partial charge on any atom is -0.496 e. The number of carboxylic acid groups (broad SMARTS) is 1. The molecule has 0 unspecified atom stereocenters. The van der Waals surface area contributed by atoms with Crippen LogP contribution in [0.2, 0.25) is 0 Å². The summed E-state index contributed by atoms with van der Waals surface area (Å²) in [5.74, 6) is -1.05. The molecule has 19 heavy (non-hydrogen) atoms. The summed E-state index contributed by atoms with van der Waals surface area (Å²) in [6.07, 6.45) is 0. The van der Waals surface area contributed by atoms with E-state index in [0.29, 0.717) is 22.7 Å². The SMILES string of the molecule is COc1ccc(F)cc1-c1cc(C(=O)O)cc(C)n1. The Balaban J connectivity index is 2.64. The van der Waals surface area contributed by atoms with Gasteiger partial charge in [0.25, 0.3) is 0 Å². The van der Waals surface area contributed by atoms with Gasteiger partial charge in [0.15, 0.2) is 0 Å². The molecule has 2 rings (SSSR count). The van der Waals surface area contributed by atoms with E-state index in [0.717, 1.165) is 0 Å². The fourth-order valence-electron chi connectivity index (χ4n) is 1.81. The lowest BCUT2D eigenvalue weighted by Gasteiger charge is -2.09. The van der Waals surface area contributed by atoms with Gasteiger partial charge < -0.3 is 9.84 Å². The van der Waals surface area contributed by atoms with Crippen LogP contribution >= 0.6 is 0 Å². The van der Waals surface area contributed by atoms with Crippen LogP contribution in [0.15, 0.2) is 30.3 Å². The number of benzene rings is 1. The van der Waals surface area contributed by atoms with Crippen molar-refractivity contribution in [3.8, 4) is 17.0 Å². The molecule has 4 nitrogen and oxygen atoms in total. The first-order chi connectivity index (χ1) is 9.01. The number of carbonyl (C=O) groups is 1. The van der Waals surface area contributed by atoms with Gasteiger partial charge in [-0.15, -0.1) is 0 Å². The van der Waals surface area contributed by atoms with Gasteiger partial charge in [0.1, 0.15) is 11.6 Å². The smallest absolute Gasteiger partial charge is 0.335 e. The number of rotatable bonds is 3. The normalized spacial score (nSPS) is 10.3. The van der Waals surface area contributed by atoms with Crippen molar-refractivity contribution in [1.82, 2.24) is 4.98 Å². The molecule has 0 amide bonds. The Morgan fingerprint density at radius 1 is 1.32 bits per heavy atom. The van der Waals surface area contributed by atoms with E-state index in [-0.39, 0.29) is 5.56 Å². The van der Waals surface area contributed by atoms with E-state index in [1.165, 1.54) is 37.4 Å². The van der Waals surface area contributed by atoms with Gasteiger partial charge in [-0.3, -0.25) is 4.98 Å². The van der Waals surface area contributed by atoms with Crippen LogP contribution in [0.1, 0.15) is 16.1 Å². The van der Waals surface area contributed by atoms with E-state index < -0.39 is 11.8 Å². The van der Waals surface area contributed by atoms with E-state index in [1.807, 2.05) is 0 Å². The summed E-state index contributed by atoms with van der Waals surface area (Å²) in [4.78, 5) is 15.3. The molecule has 98 valence electrons. The first kappa shape index (κ1) is 13.0. The van der Waals surface area contributed by atoms with Crippen LogP contribution < -0.4 is 4.74 Å². The molecule has 1 N–H and O–H groups in total. The Labute approximate surface area is 109 Å². The summed E-state index contributed by atoms with van der Waals surface area (Å²) in [5, 5.41) is 9.03. The number of hydrogen-bond donors (Lipinski definition) is 1. The summed E-state index contributed by atoms with van der Waals surface area (Å²) >= 11 is 0. The minimum absolute atomic E-state index is 0.105. The number of aromatic nitrogens is 1. The molecule has 1 heterocycles. The van der Waals surface area contributed by atoms with E-state index in [9.17, 15) is 9.18 Å². The highest BCUT2D eigenvalue weighted by Crippen LogP contribution is 2.30. The summed E-state index contributed by atoms with van der Waals surface area (Å²) < 4.78 is 18.5. The number of nitrogens with zero attached hydrogens (tertiary/aromatic N) is 1. The number of ether oxygens (including phenoxy) is 1. The van der Waals surface area contributed by atoms with Crippen molar-refractivity contribution in [1.29, 1.82) is 0 Å². The average Bonchev–Trinajstić information content (AvgIpc) is 2.37. The third kappa shape index (κ3) is 2.70. The number of halogens is 1. The summed E-state index contributed by atoms with van der Waals surface area (Å²) in [7, 11) is 1.46. The minimum atomic E-state index is -1.05. The van der Waals surface area contributed by atoms with Gasteiger partial charge in [-0.2, -0.15) is 0 Å². The molecule has 0 aliphatic heterocycles.